The summed E-state index contributed by atoms with van der Waals surface area (Å²) in [5.41, 5.74) is 2.25. The summed E-state index contributed by atoms with van der Waals surface area (Å²) in [6.45, 7) is 7.13. The summed E-state index contributed by atoms with van der Waals surface area (Å²) in [5.74, 6) is 0.416. The maximum absolute atomic E-state index is 9.72. The zero-order valence-electron chi connectivity index (χ0n) is 9.16. The molecule has 0 aromatic heterocycles. The van der Waals surface area contributed by atoms with Crippen molar-refractivity contribution in [2.24, 2.45) is 0 Å². The van der Waals surface area contributed by atoms with Gasteiger partial charge in [-0.2, -0.15) is 0 Å². The van der Waals surface area contributed by atoms with Crippen LogP contribution in [0.1, 0.15) is 11.1 Å². The number of hydrogen-bond acceptors (Lipinski definition) is 3. The molecule has 1 heterocycles. The van der Waals surface area contributed by atoms with Crippen LogP contribution in [0.5, 0.6) is 5.75 Å². The van der Waals surface area contributed by atoms with E-state index in [1.165, 1.54) is 5.56 Å². The van der Waals surface area contributed by atoms with Crippen LogP contribution >= 0.6 is 0 Å². The normalized spacial score (nSPS) is 17.9. The lowest BCUT2D eigenvalue weighted by atomic mass is 10.1. The van der Waals surface area contributed by atoms with Crippen molar-refractivity contribution in [1.82, 2.24) is 10.2 Å². The van der Waals surface area contributed by atoms with Gasteiger partial charge in [-0.1, -0.05) is 17.7 Å². The van der Waals surface area contributed by atoms with Crippen molar-refractivity contribution in [3.63, 3.8) is 0 Å². The summed E-state index contributed by atoms with van der Waals surface area (Å²) in [6, 6.07) is 5.79. The van der Waals surface area contributed by atoms with Gasteiger partial charge < -0.3 is 10.4 Å². The molecule has 1 aromatic rings. The number of nitrogens with one attached hydrogen (secondary N) is 1. The van der Waals surface area contributed by atoms with E-state index in [1.54, 1.807) is 6.07 Å². The minimum absolute atomic E-state index is 0.416. The molecule has 0 aliphatic carbocycles. The molecule has 0 spiro atoms. The molecule has 3 nitrogen and oxygen atoms in total. The number of phenolic OH excluding ortho intramolecular Hbond substituents is 1. The molecule has 0 amide bonds. The van der Waals surface area contributed by atoms with Crippen LogP contribution in [0.25, 0.3) is 0 Å². The number of nitrogens with zero attached hydrogens (tertiary/aromatic N) is 1. The predicted molar refractivity (Wildman–Crippen MR) is 61.0 cm³/mol. The molecule has 15 heavy (non-hydrogen) atoms. The van der Waals surface area contributed by atoms with Crippen molar-refractivity contribution < 1.29 is 5.11 Å². The zero-order chi connectivity index (χ0) is 10.7. The Hall–Kier alpha value is -1.06. The lowest BCUT2D eigenvalue weighted by Gasteiger charge is -2.27. The first-order valence-corrected chi connectivity index (χ1v) is 5.47. The number of benzene rings is 1. The fourth-order valence-electron chi connectivity index (χ4n) is 1.95. The molecule has 2 N–H and O–H groups in total. The van der Waals surface area contributed by atoms with E-state index in [0.29, 0.717) is 5.75 Å². The van der Waals surface area contributed by atoms with Crippen LogP contribution < -0.4 is 5.32 Å². The van der Waals surface area contributed by atoms with E-state index in [-0.39, 0.29) is 0 Å². The van der Waals surface area contributed by atoms with Crippen molar-refractivity contribution in [3.8, 4) is 5.75 Å². The van der Waals surface area contributed by atoms with Crippen LogP contribution in [0.2, 0.25) is 0 Å². The summed E-state index contributed by atoms with van der Waals surface area (Å²) >= 11 is 0. The van der Waals surface area contributed by atoms with Crippen LogP contribution in [0, 0.1) is 6.92 Å². The van der Waals surface area contributed by atoms with Gasteiger partial charge in [0.2, 0.25) is 0 Å². The molecule has 0 unspecified atom stereocenters. The molecule has 0 atom stereocenters. The highest BCUT2D eigenvalue weighted by Gasteiger charge is 2.11. The third-order valence-electron chi connectivity index (χ3n) is 2.84. The number of hydrogen-bond donors (Lipinski definition) is 2. The third kappa shape index (κ3) is 2.70. The highest BCUT2D eigenvalue weighted by atomic mass is 16.3. The first-order valence-electron chi connectivity index (χ1n) is 5.47. The van der Waals surface area contributed by atoms with Gasteiger partial charge in [-0.3, -0.25) is 4.90 Å². The topological polar surface area (TPSA) is 35.5 Å². The van der Waals surface area contributed by atoms with Crippen molar-refractivity contribution in [3.05, 3.63) is 29.3 Å². The summed E-state index contributed by atoms with van der Waals surface area (Å²) in [4.78, 5) is 2.37. The van der Waals surface area contributed by atoms with Gasteiger partial charge in [0.1, 0.15) is 5.75 Å². The second-order valence-electron chi connectivity index (χ2n) is 4.16. The van der Waals surface area contributed by atoms with E-state index >= 15 is 0 Å². The van der Waals surface area contributed by atoms with E-state index in [1.807, 2.05) is 6.07 Å². The predicted octanol–water partition coefficient (Wildman–Crippen LogP) is 1.11. The molecule has 1 aliphatic heterocycles. The lowest BCUT2D eigenvalue weighted by molar-refractivity contribution is 0.230. The van der Waals surface area contributed by atoms with Gasteiger partial charge in [-0.25, -0.2) is 0 Å². The van der Waals surface area contributed by atoms with Gasteiger partial charge in [-0.15, -0.1) is 0 Å². The number of aromatic hydroxyl groups is 1. The van der Waals surface area contributed by atoms with Gasteiger partial charge in [0, 0.05) is 38.3 Å². The minimum Gasteiger partial charge on any atom is -0.508 e. The Morgan fingerprint density at radius 3 is 2.80 bits per heavy atom. The number of rotatable bonds is 2. The molecule has 0 saturated carbocycles. The van der Waals surface area contributed by atoms with Gasteiger partial charge in [0.25, 0.3) is 0 Å². The molecule has 2 rings (SSSR count). The van der Waals surface area contributed by atoms with Gasteiger partial charge >= 0.3 is 0 Å². The Bertz CT molecular complexity index is 332. The third-order valence-corrected chi connectivity index (χ3v) is 2.84. The molecule has 0 bridgehead atoms. The van der Waals surface area contributed by atoms with E-state index in [9.17, 15) is 5.11 Å². The zero-order valence-corrected chi connectivity index (χ0v) is 9.16. The molecule has 1 fully saturated rings. The summed E-state index contributed by atoms with van der Waals surface area (Å²) in [7, 11) is 0. The highest BCUT2D eigenvalue weighted by molar-refractivity contribution is 5.35. The van der Waals surface area contributed by atoms with Crippen LogP contribution in [0.3, 0.4) is 0 Å². The van der Waals surface area contributed by atoms with Gasteiger partial charge in [0.15, 0.2) is 0 Å². The van der Waals surface area contributed by atoms with E-state index in [2.05, 4.69) is 23.2 Å². The summed E-state index contributed by atoms with van der Waals surface area (Å²) in [6.07, 6.45) is 0. The fourth-order valence-corrected chi connectivity index (χ4v) is 1.95. The Morgan fingerprint density at radius 1 is 1.33 bits per heavy atom. The maximum atomic E-state index is 9.72. The molecule has 1 aliphatic rings. The number of phenols is 1. The Balaban J connectivity index is 2.05. The van der Waals surface area contributed by atoms with Crippen molar-refractivity contribution >= 4 is 0 Å². The van der Waals surface area contributed by atoms with Crippen molar-refractivity contribution in [1.29, 1.82) is 0 Å². The molecular formula is C12H18N2O. The smallest absolute Gasteiger partial charge is 0.120 e. The Kier molecular flexibility index (Phi) is 3.23. The Morgan fingerprint density at radius 2 is 2.07 bits per heavy atom. The standard InChI is InChI=1S/C12H18N2O/c1-10-2-3-12(15)11(8-10)9-14-6-4-13-5-7-14/h2-3,8,13,15H,4-7,9H2,1H3. The average Bonchev–Trinajstić information content (AvgIpc) is 2.25. The van der Waals surface area contributed by atoms with Crippen LogP contribution in [-0.4, -0.2) is 36.2 Å². The highest BCUT2D eigenvalue weighted by Crippen LogP contribution is 2.20. The molecule has 1 aromatic carbocycles. The first kappa shape index (κ1) is 10.5. The summed E-state index contributed by atoms with van der Waals surface area (Å²) < 4.78 is 0. The summed E-state index contributed by atoms with van der Waals surface area (Å²) in [5, 5.41) is 13.0. The quantitative estimate of drug-likeness (QED) is 0.761. The molecule has 0 radical (unpaired) electrons. The van der Waals surface area contributed by atoms with E-state index in [0.717, 1.165) is 38.3 Å². The largest absolute Gasteiger partial charge is 0.508 e. The van der Waals surface area contributed by atoms with Crippen LogP contribution in [-0.2, 0) is 6.54 Å². The lowest BCUT2D eigenvalue weighted by Crippen LogP contribution is -2.42. The first-order chi connectivity index (χ1) is 7.25. The van der Waals surface area contributed by atoms with E-state index < -0.39 is 0 Å². The van der Waals surface area contributed by atoms with Gasteiger partial charge in [0.05, 0.1) is 0 Å². The van der Waals surface area contributed by atoms with Crippen LogP contribution in [0.4, 0.5) is 0 Å². The second-order valence-corrected chi connectivity index (χ2v) is 4.16. The average molecular weight is 206 g/mol. The minimum atomic E-state index is 0.416. The molecular weight excluding hydrogens is 188 g/mol. The van der Waals surface area contributed by atoms with Crippen molar-refractivity contribution in [2.45, 2.75) is 13.5 Å². The fraction of sp³-hybridized carbons (Fsp3) is 0.500. The monoisotopic (exact) mass is 206 g/mol. The number of piperazine rings is 1. The van der Waals surface area contributed by atoms with Gasteiger partial charge in [-0.05, 0) is 13.0 Å². The Labute approximate surface area is 90.7 Å². The maximum Gasteiger partial charge on any atom is 0.120 e. The molecule has 82 valence electrons. The molecule has 1 saturated heterocycles. The number of aryl methyl sites for hydroxylation is 1. The van der Waals surface area contributed by atoms with Crippen LogP contribution in [0.15, 0.2) is 18.2 Å². The van der Waals surface area contributed by atoms with E-state index in [4.69, 9.17) is 0 Å². The van der Waals surface area contributed by atoms with Crippen molar-refractivity contribution in [2.75, 3.05) is 26.2 Å². The molecule has 3 heteroatoms. The SMILES string of the molecule is Cc1ccc(O)c(CN2CCNCC2)c1. The second kappa shape index (κ2) is 4.64.